The van der Waals surface area contributed by atoms with Crippen LogP contribution in [0.5, 0.6) is 0 Å². The highest BCUT2D eigenvalue weighted by atomic mass is 19.4. The molecule has 0 heterocycles. The van der Waals surface area contributed by atoms with Crippen LogP contribution in [0.1, 0.15) is 37.0 Å². The van der Waals surface area contributed by atoms with Crippen LogP contribution >= 0.6 is 0 Å². The molecular formula is C14H17F3O. The second kappa shape index (κ2) is 5.55. The van der Waals surface area contributed by atoms with Crippen molar-refractivity contribution in [1.29, 1.82) is 0 Å². The maximum Gasteiger partial charge on any atom is 0.416 e. The largest absolute Gasteiger partial charge is 0.416 e. The Morgan fingerprint density at radius 1 is 1.28 bits per heavy atom. The fourth-order valence-electron chi connectivity index (χ4n) is 1.73. The van der Waals surface area contributed by atoms with Gasteiger partial charge in [0.15, 0.2) is 0 Å². The van der Waals surface area contributed by atoms with Crippen molar-refractivity contribution in [1.82, 2.24) is 0 Å². The van der Waals surface area contributed by atoms with E-state index in [1.807, 2.05) is 6.92 Å². The molecule has 0 bridgehead atoms. The molecular weight excluding hydrogens is 241 g/mol. The van der Waals surface area contributed by atoms with Crippen LogP contribution in [0.4, 0.5) is 13.2 Å². The van der Waals surface area contributed by atoms with Crippen LogP contribution in [0.15, 0.2) is 18.2 Å². The van der Waals surface area contributed by atoms with Gasteiger partial charge < -0.3 is 0 Å². The maximum atomic E-state index is 12.6. The molecule has 0 radical (unpaired) electrons. The number of carbonyl (C=O) groups is 1. The molecule has 100 valence electrons. The second-order valence-electron chi connectivity index (χ2n) is 4.66. The average molecular weight is 258 g/mol. The van der Waals surface area contributed by atoms with E-state index < -0.39 is 11.7 Å². The van der Waals surface area contributed by atoms with Crippen LogP contribution < -0.4 is 0 Å². The van der Waals surface area contributed by atoms with E-state index in [-0.39, 0.29) is 18.1 Å². The van der Waals surface area contributed by atoms with Crippen molar-refractivity contribution < 1.29 is 18.0 Å². The number of carbonyl (C=O) groups excluding carboxylic acids is 1. The first kappa shape index (κ1) is 14.7. The topological polar surface area (TPSA) is 17.1 Å². The number of hydrogen-bond donors (Lipinski definition) is 0. The third-order valence-corrected chi connectivity index (χ3v) is 3.00. The van der Waals surface area contributed by atoms with E-state index in [1.165, 1.54) is 0 Å². The molecule has 1 aromatic carbocycles. The normalized spacial score (nSPS) is 13.4. The fraction of sp³-hybridized carbons (Fsp3) is 0.500. The van der Waals surface area contributed by atoms with E-state index in [4.69, 9.17) is 0 Å². The lowest BCUT2D eigenvalue weighted by Crippen LogP contribution is -2.14. The summed E-state index contributed by atoms with van der Waals surface area (Å²) >= 11 is 0. The summed E-state index contributed by atoms with van der Waals surface area (Å²) in [5, 5.41) is 0. The molecule has 0 N–H and O–H groups in total. The third-order valence-electron chi connectivity index (χ3n) is 3.00. The van der Waals surface area contributed by atoms with Crippen molar-refractivity contribution in [2.75, 3.05) is 0 Å². The van der Waals surface area contributed by atoms with Gasteiger partial charge in [0.2, 0.25) is 0 Å². The van der Waals surface area contributed by atoms with Gasteiger partial charge in [-0.05, 0) is 31.0 Å². The number of halogens is 3. The smallest absolute Gasteiger partial charge is 0.299 e. The first-order valence-corrected chi connectivity index (χ1v) is 5.94. The van der Waals surface area contributed by atoms with E-state index in [2.05, 4.69) is 0 Å². The Labute approximate surface area is 105 Å². The number of alkyl halides is 3. The van der Waals surface area contributed by atoms with Crippen molar-refractivity contribution >= 4 is 5.78 Å². The Morgan fingerprint density at radius 3 is 2.39 bits per heavy atom. The monoisotopic (exact) mass is 258 g/mol. The van der Waals surface area contributed by atoms with Crippen LogP contribution in [0.25, 0.3) is 0 Å². The van der Waals surface area contributed by atoms with Gasteiger partial charge in [-0.25, -0.2) is 0 Å². The Balaban J connectivity index is 2.97. The summed E-state index contributed by atoms with van der Waals surface area (Å²) in [6.07, 6.45) is -3.59. The van der Waals surface area contributed by atoms with E-state index in [1.54, 1.807) is 19.9 Å². The van der Waals surface area contributed by atoms with E-state index in [9.17, 15) is 18.0 Å². The lowest BCUT2D eigenvalue weighted by molar-refractivity contribution is -0.137. The molecule has 1 aromatic rings. The maximum absolute atomic E-state index is 12.6. The predicted molar refractivity (Wildman–Crippen MR) is 64.3 cm³/mol. The second-order valence-corrected chi connectivity index (χ2v) is 4.66. The van der Waals surface area contributed by atoms with Gasteiger partial charge >= 0.3 is 6.18 Å². The number of hydrogen-bond acceptors (Lipinski definition) is 1. The summed E-state index contributed by atoms with van der Waals surface area (Å²) in [7, 11) is 0. The number of ketones is 1. The molecule has 0 saturated heterocycles. The number of aryl methyl sites for hydroxylation is 1. The van der Waals surface area contributed by atoms with Crippen molar-refractivity contribution in [3.63, 3.8) is 0 Å². The number of Topliss-reactive ketones (excluding diaryl/α,β-unsaturated/α-hetero) is 1. The summed E-state index contributed by atoms with van der Waals surface area (Å²) in [6, 6.07) is 3.79. The molecule has 0 aromatic heterocycles. The van der Waals surface area contributed by atoms with Crippen LogP contribution in [0.3, 0.4) is 0 Å². The standard InChI is InChI=1S/C14H17F3O/c1-4-10(3)13(18)8-11-5-9(2)6-12(7-11)14(15,16)17/h5-7,10H,4,8H2,1-3H3. The Hall–Kier alpha value is -1.32. The lowest BCUT2D eigenvalue weighted by Gasteiger charge is -2.12. The van der Waals surface area contributed by atoms with Crippen LogP contribution in [0, 0.1) is 12.8 Å². The van der Waals surface area contributed by atoms with Crippen molar-refractivity contribution in [2.45, 2.75) is 39.8 Å². The number of rotatable bonds is 4. The highest BCUT2D eigenvalue weighted by molar-refractivity contribution is 5.83. The van der Waals surface area contributed by atoms with Gasteiger partial charge in [0, 0.05) is 12.3 Å². The molecule has 0 spiro atoms. The van der Waals surface area contributed by atoms with Gasteiger partial charge in [0.1, 0.15) is 5.78 Å². The molecule has 1 nitrogen and oxygen atoms in total. The van der Waals surface area contributed by atoms with Crippen molar-refractivity contribution in [2.24, 2.45) is 5.92 Å². The zero-order valence-corrected chi connectivity index (χ0v) is 10.8. The molecule has 4 heteroatoms. The highest BCUT2D eigenvalue weighted by Crippen LogP contribution is 2.30. The first-order chi connectivity index (χ1) is 8.24. The minimum Gasteiger partial charge on any atom is -0.299 e. The molecule has 18 heavy (non-hydrogen) atoms. The van der Waals surface area contributed by atoms with Gasteiger partial charge in [-0.15, -0.1) is 0 Å². The molecule has 1 atom stereocenters. The summed E-state index contributed by atoms with van der Waals surface area (Å²) in [5.74, 6) is -0.129. The quantitative estimate of drug-likeness (QED) is 0.792. The van der Waals surface area contributed by atoms with Gasteiger partial charge in [0.25, 0.3) is 0 Å². The minimum absolute atomic E-state index is 0.0174. The first-order valence-electron chi connectivity index (χ1n) is 5.94. The van der Waals surface area contributed by atoms with Gasteiger partial charge in [-0.2, -0.15) is 13.2 Å². The lowest BCUT2D eigenvalue weighted by atomic mass is 9.95. The molecule has 0 saturated carbocycles. The molecule has 0 amide bonds. The van der Waals surface area contributed by atoms with E-state index in [0.29, 0.717) is 17.5 Å². The van der Waals surface area contributed by atoms with Gasteiger partial charge in [-0.1, -0.05) is 25.5 Å². The van der Waals surface area contributed by atoms with E-state index >= 15 is 0 Å². The molecule has 0 aliphatic heterocycles. The number of benzene rings is 1. The van der Waals surface area contributed by atoms with Crippen molar-refractivity contribution in [3.05, 3.63) is 34.9 Å². The molecule has 0 aliphatic carbocycles. The molecule has 0 aliphatic rings. The van der Waals surface area contributed by atoms with E-state index in [0.717, 1.165) is 12.1 Å². The molecule has 1 unspecified atom stereocenters. The third kappa shape index (κ3) is 3.86. The summed E-state index contributed by atoms with van der Waals surface area (Å²) in [5.41, 5.74) is 0.277. The highest BCUT2D eigenvalue weighted by Gasteiger charge is 2.31. The molecule has 1 rings (SSSR count). The zero-order chi connectivity index (χ0) is 13.9. The molecule has 0 fully saturated rings. The Bertz CT molecular complexity index is 435. The SMILES string of the molecule is CCC(C)C(=O)Cc1cc(C)cc(C(F)(F)F)c1. The predicted octanol–water partition coefficient (Wildman–Crippen LogP) is 4.17. The van der Waals surface area contributed by atoms with Crippen LogP contribution in [-0.4, -0.2) is 5.78 Å². The zero-order valence-electron chi connectivity index (χ0n) is 10.8. The van der Waals surface area contributed by atoms with Crippen molar-refractivity contribution in [3.8, 4) is 0 Å². The Morgan fingerprint density at radius 2 is 1.89 bits per heavy atom. The summed E-state index contributed by atoms with van der Waals surface area (Å²) in [4.78, 5) is 11.7. The summed E-state index contributed by atoms with van der Waals surface area (Å²) in [6.45, 7) is 5.29. The fourth-order valence-corrected chi connectivity index (χ4v) is 1.73. The minimum atomic E-state index is -4.36. The van der Waals surface area contributed by atoms with Crippen LogP contribution in [0.2, 0.25) is 0 Å². The van der Waals surface area contributed by atoms with Gasteiger partial charge in [-0.3, -0.25) is 4.79 Å². The van der Waals surface area contributed by atoms with Crippen LogP contribution in [-0.2, 0) is 17.4 Å². The average Bonchev–Trinajstić information content (AvgIpc) is 2.25. The summed E-state index contributed by atoms with van der Waals surface area (Å²) < 4.78 is 37.9. The Kier molecular flexibility index (Phi) is 4.54. The van der Waals surface area contributed by atoms with Gasteiger partial charge in [0.05, 0.1) is 5.56 Å².